The minimum Gasteiger partial charge on any atom is -0.465 e. The molecule has 0 bridgehead atoms. The van der Waals surface area contributed by atoms with E-state index in [1.807, 2.05) is 0 Å². The molecule has 1 aliphatic heterocycles. The smallest absolute Gasteiger partial charge is 0.118 e. The molecule has 21 heavy (non-hydrogen) atoms. The highest BCUT2D eigenvalue weighted by molar-refractivity contribution is 5.21. The average Bonchev–Trinajstić information content (AvgIpc) is 2.73. The number of rotatable bonds is 6. The average molecular weight is 292 g/mol. The molecular formula is C18H32N2O. The van der Waals surface area contributed by atoms with E-state index in [-0.39, 0.29) is 0 Å². The molecule has 1 fully saturated rings. The molecule has 3 nitrogen and oxygen atoms in total. The fraction of sp³-hybridized carbons (Fsp3) is 0.778. The van der Waals surface area contributed by atoms with Gasteiger partial charge in [-0.15, -0.1) is 0 Å². The maximum atomic E-state index is 5.91. The summed E-state index contributed by atoms with van der Waals surface area (Å²) < 4.78 is 5.91. The van der Waals surface area contributed by atoms with Gasteiger partial charge in [-0.2, -0.15) is 0 Å². The first-order chi connectivity index (χ1) is 9.95. The van der Waals surface area contributed by atoms with Gasteiger partial charge in [0.25, 0.3) is 0 Å². The maximum absolute atomic E-state index is 5.91. The SMILES string of the molecule is Cc1oc(CNCC(C)C)cc1CN1CCC(C)CC1C. The number of piperidine rings is 1. The minimum absolute atomic E-state index is 0.678. The first kappa shape index (κ1) is 16.6. The zero-order valence-electron chi connectivity index (χ0n) is 14.4. The van der Waals surface area contributed by atoms with Crippen LogP contribution in [0.3, 0.4) is 0 Å². The van der Waals surface area contributed by atoms with Crippen LogP contribution in [0.2, 0.25) is 0 Å². The number of nitrogens with one attached hydrogen (secondary N) is 1. The van der Waals surface area contributed by atoms with E-state index in [1.54, 1.807) is 0 Å². The summed E-state index contributed by atoms with van der Waals surface area (Å²) in [7, 11) is 0. The number of furan rings is 1. The quantitative estimate of drug-likeness (QED) is 0.860. The Morgan fingerprint density at radius 1 is 1.38 bits per heavy atom. The second-order valence-corrected chi connectivity index (χ2v) is 7.27. The van der Waals surface area contributed by atoms with Crippen LogP contribution >= 0.6 is 0 Å². The molecular weight excluding hydrogens is 260 g/mol. The van der Waals surface area contributed by atoms with E-state index in [9.17, 15) is 0 Å². The fourth-order valence-electron chi connectivity index (χ4n) is 3.23. The molecule has 2 rings (SSSR count). The molecule has 0 spiro atoms. The number of hydrogen-bond donors (Lipinski definition) is 1. The minimum atomic E-state index is 0.678. The van der Waals surface area contributed by atoms with Gasteiger partial charge in [-0.25, -0.2) is 0 Å². The van der Waals surface area contributed by atoms with Crippen molar-refractivity contribution in [1.29, 1.82) is 0 Å². The lowest BCUT2D eigenvalue weighted by Gasteiger charge is -2.36. The van der Waals surface area contributed by atoms with Crippen molar-refractivity contribution in [3.63, 3.8) is 0 Å². The Kier molecular flexibility index (Phi) is 5.88. The van der Waals surface area contributed by atoms with E-state index < -0.39 is 0 Å². The van der Waals surface area contributed by atoms with Crippen LogP contribution in [0.15, 0.2) is 10.5 Å². The molecule has 3 heteroatoms. The summed E-state index contributed by atoms with van der Waals surface area (Å²) in [5, 5.41) is 3.45. The zero-order chi connectivity index (χ0) is 15.4. The van der Waals surface area contributed by atoms with E-state index in [2.05, 4.69) is 50.9 Å². The first-order valence-corrected chi connectivity index (χ1v) is 8.48. The Morgan fingerprint density at radius 3 is 2.81 bits per heavy atom. The lowest BCUT2D eigenvalue weighted by atomic mass is 9.93. The Bertz CT molecular complexity index is 438. The lowest BCUT2D eigenvalue weighted by Crippen LogP contribution is -2.39. The van der Waals surface area contributed by atoms with Crippen LogP contribution in [0.4, 0.5) is 0 Å². The van der Waals surface area contributed by atoms with Crippen molar-refractivity contribution in [2.24, 2.45) is 11.8 Å². The summed E-state index contributed by atoms with van der Waals surface area (Å²) in [6.07, 6.45) is 2.64. The molecule has 0 amide bonds. The maximum Gasteiger partial charge on any atom is 0.118 e. The Labute approximate surface area is 130 Å². The summed E-state index contributed by atoms with van der Waals surface area (Å²) in [5.41, 5.74) is 1.36. The molecule has 0 aliphatic carbocycles. The van der Waals surface area contributed by atoms with Crippen LogP contribution in [0.1, 0.15) is 57.6 Å². The van der Waals surface area contributed by atoms with Crippen molar-refractivity contribution in [2.75, 3.05) is 13.1 Å². The normalized spacial score (nSPS) is 23.9. The molecule has 1 aromatic heterocycles. The molecule has 2 heterocycles. The number of nitrogens with zero attached hydrogens (tertiary/aromatic N) is 1. The Hall–Kier alpha value is -0.800. The van der Waals surface area contributed by atoms with Crippen molar-refractivity contribution >= 4 is 0 Å². The van der Waals surface area contributed by atoms with Crippen LogP contribution in [0.25, 0.3) is 0 Å². The van der Waals surface area contributed by atoms with Crippen molar-refractivity contribution in [3.8, 4) is 0 Å². The van der Waals surface area contributed by atoms with Crippen molar-refractivity contribution in [3.05, 3.63) is 23.2 Å². The molecule has 1 saturated heterocycles. The van der Waals surface area contributed by atoms with Gasteiger partial charge in [-0.05, 0) is 57.7 Å². The second kappa shape index (κ2) is 7.46. The molecule has 0 saturated carbocycles. The molecule has 0 aromatic carbocycles. The summed E-state index contributed by atoms with van der Waals surface area (Å²) in [6.45, 7) is 15.4. The van der Waals surface area contributed by atoms with Crippen LogP contribution in [0, 0.1) is 18.8 Å². The summed E-state index contributed by atoms with van der Waals surface area (Å²) in [5.74, 6) is 3.71. The van der Waals surface area contributed by atoms with Crippen molar-refractivity contribution in [2.45, 2.75) is 66.6 Å². The third kappa shape index (κ3) is 4.86. The first-order valence-electron chi connectivity index (χ1n) is 8.48. The Balaban J connectivity index is 1.90. The van der Waals surface area contributed by atoms with Gasteiger partial charge in [0.2, 0.25) is 0 Å². The predicted molar refractivity (Wildman–Crippen MR) is 88.3 cm³/mol. The summed E-state index contributed by atoms with van der Waals surface area (Å²) >= 11 is 0. The number of hydrogen-bond acceptors (Lipinski definition) is 3. The highest BCUT2D eigenvalue weighted by Crippen LogP contribution is 2.25. The molecule has 1 N–H and O–H groups in total. The van der Waals surface area contributed by atoms with Crippen LogP contribution in [0.5, 0.6) is 0 Å². The van der Waals surface area contributed by atoms with Gasteiger partial charge in [-0.1, -0.05) is 20.8 Å². The molecule has 1 aliphatic rings. The molecule has 2 unspecified atom stereocenters. The van der Waals surface area contributed by atoms with Crippen molar-refractivity contribution in [1.82, 2.24) is 10.2 Å². The highest BCUT2D eigenvalue weighted by Gasteiger charge is 2.23. The van der Waals surface area contributed by atoms with Crippen LogP contribution < -0.4 is 5.32 Å². The third-order valence-electron chi connectivity index (χ3n) is 4.57. The number of likely N-dealkylation sites (tertiary alicyclic amines) is 1. The van der Waals surface area contributed by atoms with Crippen molar-refractivity contribution < 1.29 is 4.42 Å². The Morgan fingerprint density at radius 2 is 2.14 bits per heavy atom. The van der Waals surface area contributed by atoms with Gasteiger partial charge in [0.05, 0.1) is 6.54 Å². The second-order valence-electron chi connectivity index (χ2n) is 7.27. The zero-order valence-corrected chi connectivity index (χ0v) is 14.4. The van der Waals surface area contributed by atoms with E-state index >= 15 is 0 Å². The van der Waals surface area contributed by atoms with Crippen LogP contribution in [-0.2, 0) is 13.1 Å². The van der Waals surface area contributed by atoms with E-state index in [4.69, 9.17) is 4.42 Å². The number of aryl methyl sites for hydroxylation is 1. The largest absolute Gasteiger partial charge is 0.465 e. The van der Waals surface area contributed by atoms with Crippen LogP contribution in [-0.4, -0.2) is 24.0 Å². The van der Waals surface area contributed by atoms with E-state index in [0.29, 0.717) is 12.0 Å². The summed E-state index contributed by atoms with van der Waals surface area (Å²) in [4.78, 5) is 2.60. The highest BCUT2D eigenvalue weighted by atomic mass is 16.3. The molecule has 0 radical (unpaired) electrons. The van der Waals surface area contributed by atoms with E-state index in [0.717, 1.165) is 37.1 Å². The fourth-order valence-corrected chi connectivity index (χ4v) is 3.23. The van der Waals surface area contributed by atoms with Gasteiger partial charge in [0.1, 0.15) is 11.5 Å². The predicted octanol–water partition coefficient (Wildman–Crippen LogP) is 3.95. The summed E-state index contributed by atoms with van der Waals surface area (Å²) in [6, 6.07) is 2.93. The standard InChI is InChI=1S/C18H32N2O/c1-13(2)10-19-11-18-9-17(16(5)21-18)12-20-7-6-14(3)8-15(20)4/h9,13-15,19H,6-8,10-12H2,1-5H3. The lowest BCUT2D eigenvalue weighted by molar-refractivity contribution is 0.121. The molecule has 120 valence electrons. The molecule has 2 atom stereocenters. The molecule has 1 aromatic rings. The van der Waals surface area contributed by atoms with E-state index in [1.165, 1.54) is 24.9 Å². The van der Waals surface area contributed by atoms with Gasteiger partial charge in [-0.3, -0.25) is 4.90 Å². The topological polar surface area (TPSA) is 28.4 Å². The van der Waals surface area contributed by atoms with Gasteiger partial charge >= 0.3 is 0 Å². The van der Waals surface area contributed by atoms with Gasteiger partial charge in [0, 0.05) is 18.2 Å². The van der Waals surface area contributed by atoms with Gasteiger partial charge < -0.3 is 9.73 Å². The third-order valence-corrected chi connectivity index (χ3v) is 4.57. The monoisotopic (exact) mass is 292 g/mol. The van der Waals surface area contributed by atoms with Gasteiger partial charge in [0.15, 0.2) is 0 Å².